The number of hydrogen-bond donors (Lipinski definition) is 0. The van der Waals surface area contributed by atoms with Gasteiger partial charge in [-0.05, 0) is 71.2 Å². The Morgan fingerprint density at radius 1 is 0.800 bits per heavy atom. The van der Waals surface area contributed by atoms with Gasteiger partial charge in [-0.25, -0.2) is 0 Å². The largest absolute Gasteiger partial charge is 0.0871 e. The molecule has 0 amide bonds. The van der Waals surface area contributed by atoms with Gasteiger partial charge in [0, 0.05) is 0 Å². The Kier molecular flexibility index (Phi) is 5.38. The minimum absolute atomic E-state index is 0.551. The van der Waals surface area contributed by atoms with Crippen LogP contribution in [0.3, 0.4) is 0 Å². The van der Waals surface area contributed by atoms with Crippen LogP contribution >= 0.6 is 0 Å². The first kappa shape index (κ1) is 17.5. The molecule has 0 heteroatoms. The van der Waals surface area contributed by atoms with Crippen molar-refractivity contribution < 1.29 is 0 Å². The molecule has 128 valence electrons. The van der Waals surface area contributed by atoms with Gasteiger partial charge in [0.25, 0.3) is 0 Å². The maximum absolute atomic E-state index is 2.38. The van der Waals surface area contributed by atoms with Crippen LogP contribution in [0.15, 0.2) is 66.7 Å². The molecule has 3 aromatic rings. The molecule has 0 aliphatic heterocycles. The average molecular weight is 328 g/mol. The standard InChI is InChI=1S/C25H28/c1-5-9-22-16-24-13-12-23(17-25(24)15-20(22)4)19(3)14-18(2)21-10-7-6-8-11-21/h5-13,15-19H,14H2,1-4H3/b9-5-. The summed E-state index contributed by atoms with van der Waals surface area (Å²) in [5.41, 5.74) is 5.52. The van der Waals surface area contributed by atoms with E-state index in [1.165, 1.54) is 39.4 Å². The van der Waals surface area contributed by atoms with Crippen molar-refractivity contribution in [2.24, 2.45) is 0 Å². The van der Waals surface area contributed by atoms with Crippen LogP contribution in [0.25, 0.3) is 16.8 Å². The van der Waals surface area contributed by atoms with Gasteiger partial charge in [0.2, 0.25) is 0 Å². The molecule has 0 saturated heterocycles. The van der Waals surface area contributed by atoms with E-state index in [-0.39, 0.29) is 0 Å². The lowest BCUT2D eigenvalue weighted by atomic mass is 9.86. The highest BCUT2D eigenvalue weighted by atomic mass is 14.2. The van der Waals surface area contributed by atoms with Crippen LogP contribution < -0.4 is 0 Å². The van der Waals surface area contributed by atoms with E-state index in [2.05, 4.69) is 101 Å². The van der Waals surface area contributed by atoms with Crippen LogP contribution in [0.1, 0.15) is 61.3 Å². The summed E-state index contributed by atoms with van der Waals surface area (Å²) >= 11 is 0. The number of hydrogen-bond acceptors (Lipinski definition) is 0. The second-order valence-electron chi connectivity index (χ2n) is 7.26. The third-order valence-corrected chi connectivity index (χ3v) is 5.24. The Morgan fingerprint density at radius 2 is 1.52 bits per heavy atom. The van der Waals surface area contributed by atoms with Crippen LogP contribution in [0.4, 0.5) is 0 Å². The smallest absolute Gasteiger partial charge is 0.0178 e. The summed E-state index contributed by atoms with van der Waals surface area (Å²) < 4.78 is 0. The van der Waals surface area contributed by atoms with Gasteiger partial charge < -0.3 is 0 Å². The number of rotatable bonds is 5. The van der Waals surface area contributed by atoms with E-state index in [1.807, 2.05) is 0 Å². The molecule has 0 aliphatic carbocycles. The van der Waals surface area contributed by atoms with Gasteiger partial charge in [-0.1, -0.05) is 80.6 Å². The summed E-state index contributed by atoms with van der Waals surface area (Å²) in [6, 6.07) is 22.4. The quantitative estimate of drug-likeness (QED) is 0.455. The molecule has 0 aromatic heterocycles. The number of allylic oxidation sites excluding steroid dienone is 1. The number of benzene rings is 3. The highest BCUT2D eigenvalue weighted by Crippen LogP contribution is 2.31. The Hall–Kier alpha value is -2.34. The van der Waals surface area contributed by atoms with Gasteiger partial charge in [0.1, 0.15) is 0 Å². The molecule has 0 aliphatic rings. The summed E-state index contributed by atoms with van der Waals surface area (Å²) in [7, 11) is 0. The fraction of sp³-hybridized carbons (Fsp3) is 0.280. The van der Waals surface area contributed by atoms with E-state index in [1.54, 1.807) is 0 Å². The Balaban J connectivity index is 1.84. The van der Waals surface area contributed by atoms with Crippen molar-refractivity contribution in [1.82, 2.24) is 0 Å². The van der Waals surface area contributed by atoms with Crippen molar-refractivity contribution in [1.29, 1.82) is 0 Å². The van der Waals surface area contributed by atoms with Gasteiger partial charge in [-0.2, -0.15) is 0 Å². The number of aryl methyl sites for hydroxylation is 1. The highest BCUT2D eigenvalue weighted by molar-refractivity contribution is 5.86. The second-order valence-corrected chi connectivity index (χ2v) is 7.26. The molecule has 0 spiro atoms. The molecule has 2 atom stereocenters. The van der Waals surface area contributed by atoms with Gasteiger partial charge in [-0.3, -0.25) is 0 Å². The zero-order chi connectivity index (χ0) is 17.8. The van der Waals surface area contributed by atoms with E-state index in [4.69, 9.17) is 0 Å². The molecule has 3 rings (SSSR count). The van der Waals surface area contributed by atoms with Gasteiger partial charge in [-0.15, -0.1) is 0 Å². The summed E-state index contributed by atoms with van der Waals surface area (Å²) in [5, 5.41) is 2.67. The van der Waals surface area contributed by atoms with Crippen LogP contribution in [-0.4, -0.2) is 0 Å². The third-order valence-electron chi connectivity index (χ3n) is 5.24. The molecular weight excluding hydrogens is 300 g/mol. The molecular formula is C25H28. The topological polar surface area (TPSA) is 0 Å². The van der Waals surface area contributed by atoms with Gasteiger partial charge >= 0.3 is 0 Å². The predicted molar refractivity (Wildman–Crippen MR) is 111 cm³/mol. The van der Waals surface area contributed by atoms with Gasteiger partial charge in [0.15, 0.2) is 0 Å². The van der Waals surface area contributed by atoms with Crippen LogP contribution in [0.2, 0.25) is 0 Å². The highest BCUT2D eigenvalue weighted by Gasteiger charge is 2.13. The molecule has 0 nitrogen and oxygen atoms in total. The molecule has 3 aromatic carbocycles. The van der Waals surface area contributed by atoms with Crippen molar-refractivity contribution in [3.05, 3.63) is 89.0 Å². The summed E-state index contributed by atoms with van der Waals surface area (Å²) in [5.74, 6) is 1.13. The SMILES string of the molecule is C/C=C\c1cc2ccc(C(C)CC(C)c3ccccc3)cc2cc1C. The second kappa shape index (κ2) is 7.70. The van der Waals surface area contributed by atoms with Crippen molar-refractivity contribution in [2.45, 2.75) is 46.0 Å². The van der Waals surface area contributed by atoms with Crippen molar-refractivity contribution in [3.63, 3.8) is 0 Å². The van der Waals surface area contributed by atoms with Gasteiger partial charge in [0.05, 0.1) is 0 Å². The maximum atomic E-state index is 2.38. The fourth-order valence-corrected chi connectivity index (χ4v) is 3.70. The normalized spacial score (nSPS) is 14.1. The van der Waals surface area contributed by atoms with Crippen LogP contribution in [0, 0.1) is 6.92 Å². The first-order valence-electron chi connectivity index (χ1n) is 9.30. The van der Waals surface area contributed by atoms with E-state index in [0.717, 1.165) is 0 Å². The third kappa shape index (κ3) is 4.02. The van der Waals surface area contributed by atoms with E-state index < -0.39 is 0 Å². The average Bonchev–Trinajstić information content (AvgIpc) is 2.62. The Labute approximate surface area is 152 Å². The van der Waals surface area contributed by atoms with E-state index in [0.29, 0.717) is 11.8 Å². The summed E-state index contributed by atoms with van der Waals surface area (Å²) in [6.07, 6.45) is 5.47. The lowest BCUT2D eigenvalue weighted by Crippen LogP contribution is -2.01. The minimum atomic E-state index is 0.551. The Morgan fingerprint density at radius 3 is 2.24 bits per heavy atom. The van der Waals surface area contributed by atoms with E-state index >= 15 is 0 Å². The monoisotopic (exact) mass is 328 g/mol. The molecule has 0 bridgehead atoms. The van der Waals surface area contributed by atoms with Crippen LogP contribution in [-0.2, 0) is 0 Å². The zero-order valence-electron chi connectivity index (χ0n) is 15.8. The first-order chi connectivity index (χ1) is 12.1. The number of fused-ring (bicyclic) bond motifs is 1. The lowest BCUT2D eigenvalue weighted by Gasteiger charge is -2.19. The minimum Gasteiger partial charge on any atom is -0.0871 e. The van der Waals surface area contributed by atoms with Crippen molar-refractivity contribution >= 4 is 16.8 Å². The fourth-order valence-electron chi connectivity index (χ4n) is 3.70. The van der Waals surface area contributed by atoms with Crippen molar-refractivity contribution in [2.75, 3.05) is 0 Å². The van der Waals surface area contributed by atoms with Crippen molar-refractivity contribution in [3.8, 4) is 0 Å². The molecule has 0 fully saturated rings. The first-order valence-corrected chi connectivity index (χ1v) is 9.30. The predicted octanol–water partition coefficient (Wildman–Crippen LogP) is 7.48. The molecule has 0 radical (unpaired) electrons. The molecule has 0 N–H and O–H groups in total. The molecule has 0 heterocycles. The van der Waals surface area contributed by atoms with E-state index in [9.17, 15) is 0 Å². The summed E-state index contributed by atoms with van der Waals surface area (Å²) in [4.78, 5) is 0. The van der Waals surface area contributed by atoms with Crippen LogP contribution in [0.5, 0.6) is 0 Å². The zero-order valence-corrected chi connectivity index (χ0v) is 15.8. The lowest BCUT2D eigenvalue weighted by molar-refractivity contribution is 0.593. The molecule has 2 unspecified atom stereocenters. The Bertz CT molecular complexity index is 871. The maximum Gasteiger partial charge on any atom is -0.0178 e. The molecule has 0 saturated carbocycles. The molecule has 25 heavy (non-hydrogen) atoms. The summed E-state index contributed by atoms with van der Waals surface area (Å²) in [6.45, 7) is 8.95.